The molecule has 4 rings (SSSR count). The topological polar surface area (TPSA) is 73.6 Å². The molecule has 0 aliphatic heterocycles. The zero-order valence-electron chi connectivity index (χ0n) is 20.8. The first-order valence-electron chi connectivity index (χ1n) is 12.3. The normalized spacial score (nSPS) is 20.4. The molecule has 1 amide bonds. The number of rotatable bonds is 7. The molecule has 1 saturated carbocycles. The van der Waals surface area contributed by atoms with Crippen molar-refractivity contribution in [3.63, 3.8) is 0 Å². The van der Waals surface area contributed by atoms with Gasteiger partial charge in [0.1, 0.15) is 6.61 Å². The van der Waals surface area contributed by atoms with Crippen molar-refractivity contribution >= 4 is 24.8 Å². The number of benzene rings is 3. The van der Waals surface area contributed by atoms with Crippen molar-refractivity contribution < 1.29 is 14.0 Å². The largest absolute Gasteiger partial charge is 0.445 e. The maximum absolute atomic E-state index is 12.7. The predicted molar refractivity (Wildman–Crippen MR) is 143 cm³/mol. The lowest BCUT2D eigenvalue weighted by Crippen LogP contribution is -2.68. The third-order valence-electron chi connectivity index (χ3n) is 6.80. The summed E-state index contributed by atoms with van der Waals surface area (Å²) in [6.45, 7) is 6.99. The van der Waals surface area contributed by atoms with Gasteiger partial charge in [-0.25, -0.2) is 4.79 Å². The van der Waals surface area contributed by atoms with Crippen molar-refractivity contribution in [2.75, 3.05) is 0 Å². The minimum Gasteiger partial charge on any atom is -0.445 e. The van der Waals surface area contributed by atoms with Crippen molar-refractivity contribution in [2.45, 2.75) is 63.4 Å². The Kier molecular flexibility index (Phi) is 7.74. The van der Waals surface area contributed by atoms with Crippen molar-refractivity contribution in [3.8, 4) is 0 Å². The Balaban J connectivity index is 1.61. The zero-order chi connectivity index (χ0) is 24.9. The number of hydrogen-bond acceptors (Lipinski definition) is 4. The molecule has 3 aromatic carbocycles. The third kappa shape index (κ3) is 5.67. The molecule has 3 aromatic rings. The van der Waals surface area contributed by atoms with Crippen LogP contribution >= 0.6 is 0 Å². The molecule has 3 N–H and O–H groups in total. The Morgan fingerprint density at radius 3 is 1.91 bits per heavy atom. The predicted octanol–water partition coefficient (Wildman–Crippen LogP) is 4.35. The Hall–Kier alpha value is -2.93. The zero-order valence-corrected chi connectivity index (χ0v) is 21.8. The van der Waals surface area contributed by atoms with E-state index in [2.05, 4.69) is 74.6 Å². The van der Waals surface area contributed by atoms with Gasteiger partial charge in [-0.1, -0.05) is 112 Å². The first kappa shape index (κ1) is 25.2. The lowest BCUT2D eigenvalue weighted by atomic mass is 10.2. The number of hydrogen-bond donors (Lipinski definition) is 2. The number of nitrogens with one attached hydrogen (secondary N) is 1. The molecule has 6 heteroatoms. The van der Waals surface area contributed by atoms with E-state index in [-0.39, 0.29) is 29.8 Å². The van der Waals surface area contributed by atoms with Crippen LogP contribution < -0.4 is 21.4 Å². The van der Waals surface area contributed by atoms with Gasteiger partial charge in [0.25, 0.3) is 8.32 Å². The quantitative estimate of drug-likeness (QED) is 0.485. The smallest absolute Gasteiger partial charge is 0.407 e. The highest BCUT2D eigenvalue weighted by Gasteiger charge is 2.53. The van der Waals surface area contributed by atoms with Crippen LogP contribution in [0.1, 0.15) is 39.2 Å². The summed E-state index contributed by atoms with van der Waals surface area (Å²) >= 11 is 0. The van der Waals surface area contributed by atoms with Crippen LogP contribution in [0.5, 0.6) is 0 Å². The van der Waals surface area contributed by atoms with Gasteiger partial charge in [-0.3, -0.25) is 0 Å². The summed E-state index contributed by atoms with van der Waals surface area (Å²) in [6, 6.07) is 30.5. The van der Waals surface area contributed by atoms with Crippen LogP contribution in [0.3, 0.4) is 0 Å². The third-order valence-corrected chi connectivity index (χ3v) is 11.9. The first-order chi connectivity index (χ1) is 16.8. The molecular weight excluding hydrogens is 452 g/mol. The molecular formula is C29H36N2O3Si. The van der Waals surface area contributed by atoms with Gasteiger partial charge in [0.05, 0.1) is 12.1 Å². The van der Waals surface area contributed by atoms with Gasteiger partial charge in [0.2, 0.25) is 0 Å². The van der Waals surface area contributed by atoms with Gasteiger partial charge in [0.15, 0.2) is 0 Å². The summed E-state index contributed by atoms with van der Waals surface area (Å²) in [4.78, 5) is 12.7. The molecule has 1 aliphatic rings. The number of ether oxygens (including phenoxy) is 1. The summed E-state index contributed by atoms with van der Waals surface area (Å²) in [5.74, 6) is 0. The van der Waals surface area contributed by atoms with Crippen LogP contribution in [0, 0.1) is 0 Å². The molecule has 1 aliphatic carbocycles. The monoisotopic (exact) mass is 488 g/mol. The fourth-order valence-electron chi connectivity index (χ4n) is 5.15. The molecule has 1 fully saturated rings. The first-order valence-corrected chi connectivity index (χ1v) is 14.2. The molecule has 0 spiro atoms. The van der Waals surface area contributed by atoms with E-state index < -0.39 is 14.4 Å². The number of alkyl carbamates (subject to hydrolysis) is 1. The van der Waals surface area contributed by atoms with E-state index in [0.29, 0.717) is 12.8 Å². The summed E-state index contributed by atoms with van der Waals surface area (Å²) in [6.07, 6.45) is 0.696. The fraction of sp³-hybridized carbons (Fsp3) is 0.345. The molecule has 5 nitrogen and oxygen atoms in total. The van der Waals surface area contributed by atoms with Crippen LogP contribution in [0.15, 0.2) is 91.0 Å². The van der Waals surface area contributed by atoms with E-state index in [0.717, 1.165) is 5.56 Å². The van der Waals surface area contributed by atoms with Gasteiger partial charge >= 0.3 is 6.09 Å². The van der Waals surface area contributed by atoms with Crippen molar-refractivity contribution in [3.05, 3.63) is 96.6 Å². The molecule has 3 atom stereocenters. The lowest BCUT2D eigenvalue weighted by Gasteiger charge is -2.45. The van der Waals surface area contributed by atoms with Crippen LogP contribution in [0.4, 0.5) is 4.79 Å². The van der Waals surface area contributed by atoms with E-state index in [1.807, 2.05) is 42.5 Å². The molecule has 0 bridgehead atoms. The number of carbonyl (C=O) groups excluding carboxylic acids is 1. The van der Waals surface area contributed by atoms with Gasteiger partial charge in [0, 0.05) is 6.04 Å². The summed E-state index contributed by atoms with van der Waals surface area (Å²) in [5.41, 5.74) is 7.35. The minimum absolute atomic E-state index is 0.0439. The summed E-state index contributed by atoms with van der Waals surface area (Å²) in [5, 5.41) is 5.34. The Labute approximate surface area is 209 Å². The second-order valence-electron chi connectivity index (χ2n) is 10.4. The number of carbonyl (C=O) groups is 1. The molecule has 184 valence electrons. The highest BCUT2D eigenvalue weighted by molar-refractivity contribution is 6.99. The van der Waals surface area contributed by atoms with E-state index in [1.165, 1.54) is 10.4 Å². The van der Waals surface area contributed by atoms with Gasteiger partial charge in [-0.2, -0.15) is 0 Å². The van der Waals surface area contributed by atoms with E-state index in [9.17, 15) is 4.79 Å². The van der Waals surface area contributed by atoms with Crippen molar-refractivity contribution in [2.24, 2.45) is 5.73 Å². The number of nitrogens with two attached hydrogens (primary N) is 1. The van der Waals surface area contributed by atoms with Crippen LogP contribution in [0.25, 0.3) is 0 Å². The molecule has 0 heterocycles. The van der Waals surface area contributed by atoms with E-state index in [4.69, 9.17) is 14.9 Å². The fourth-order valence-corrected chi connectivity index (χ4v) is 9.88. The minimum atomic E-state index is -2.76. The van der Waals surface area contributed by atoms with E-state index >= 15 is 0 Å². The van der Waals surface area contributed by atoms with Crippen LogP contribution in [-0.2, 0) is 15.8 Å². The second-order valence-corrected chi connectivity index (χ2v) is 14.6. The summed E-state index contributed by atoms with van der Waals surface area (Å²) in [7, 11) is -2.76. The standard InChI is InChI=1S/C29H36N2O3Si/c1-29(2,3)35(24-15-9-5-10-16-24,25-17-11-6-12-18-25)34-27-20-23(30)19-26(27)31-28(32)33-21-22-13-7-4-8-14-22/h4-18,23,26-27H,19-21,30H2,1-3H3,(H,31,32)/t23-,26+,27+/m1/s1. The maximum atomic E-state index is 12.7. The SMILES string of the molecule is CC(C)(C)[Si](O[C@H]1C[C@H](N)C[C@@H]1NC(=O)OCc1ccccc1)(c1ccccc1)c1ccccc1. The highest BCUT2D eigenvalue weighted by Crippen LogP contribution is 2.39. The number of amides is 1. The average Bonchev–Trinajstić information content (AvgIpc) is 3.20. The molecule has 0 saturated heterocycles. The van der Waals surface area contributed by atoms with E-state index in [1.54, 1.807) is 0 Å². The second kappa shape index (κ2) is 10.8. The van der Waals surface area contributed by atoms with Gasteiger partial charge in [-0.15, -0.1) is 0 Å². The molecule has 0 aromatic heterocycles. The summed E-state index contributed by atoms with van der Waals surface area (Å²) < 4.78 is 12.8. The van der Waals surface area contributed by atoms with Gasteiger partial charge < -0.3 is 20.2 Å². The van der Waals surface area contributed by atoms with Crippen molar-refractivity contribution in [1.29, 1.82) is 0 Å². The molecule has 0 unspecified atom stereocenters. The van der Waals surface area contributed by atoms with Crippen LogP contribution in [0.2, 0.25) is 5.04 Å². The molecule has 0 radical (unpaired) electrons. The maximum Gasteiger partial charge on any atom is 0.407 e. The van der Waals surface area contributed by atoms with Gasteiger partial charge in [-0.05, 0) is 33.8 Å². The molecule has 35 heavy (non-hydrogen) atoms. The average molecular weight is 489 g/mol. The Morgan fingerprint density at radius 1 is 0.886 bits per heavy atom. The Morgan fingerprint density at radius 2 is 1.40 bits per heavy atom. The lowest BCUT2D eigenvalue weighted by molar-refractivity contribution is 0.118. The Bertz CT molecular complexity index is 1050. The van der Waals surface area contributed by atoms with Crippen molar-refractivity contribution in [1.82, 2.24) is 5.32 Å². The van der Waals surface area contributed by atoms with Crippen LogP contribution in [-0.4, -0.2) is 32.6 Å². The highest BCUT2D eigenvalue weighted by atomic mass is 28.4.